The Morgan fingerprint density at radius 2 is 1.86 bits per heavy atom. The quantitative estimate of drug-likeness (QED) is 0.686. The third kappa shape index (κ3) is 3.72. The highest BCUT2D eigenvalue weighted by Crippen LogP contribution is 2.25. The second-order valence-electron chi connectivity index (χ2n) is 6.57. The van der Waals surface area contributed by atoms with Crippen LogP contribution >= 0.6 is 0 Å². The highest BCUT2D eigenvalue weighted by Gasteiger charge is 2.33. The highest BCUT2D eigenvalue weighted by molar-refractivity contribution is 7.90. The van der Waals surface area contributed by atoms with E-state index in [0.717, 1.165) is 12.1 Å². The van der Waals surface area contributed by atoms with Gasteiger partial charge in [0.25, 0.3) is 0 Å². The molecule has 1 amide bonds. The van der Waals surface area contributed by atoms with Crippen LogP contribution in [0.1, 0.15) is 0 Å². The van der Waals surface area contributed by atoms with E-state index < -0.39 is 9.84 Å². The fourth-order valence-electron chi connectivity index (χ4n) is 2.90. The molecule has 3 heterocycles. The van der Waals surface area contributed by atoms with E-state index in [1.54, 1.807) is 29.2 Å². The first-order chi connectivity index (χ1) is 13.4. The summed E-state index contributed by atoms with van der Waals surface area (Å²) >= 11 is 0. The van der Waals surface area contributed by atoms with Gasteiger partial charge in [0, 0.05) is 43.5 Å². The maximum atomic E-state index is 12.4. The molecule has 0 spiro atoms. The average Bonchev–Trinajstić information content (AvgIpc) is 3.15. The minimum Gasteiger partial charge on any atom is -0.355 e. The molecule has 1 aliphatic heterocycles. The van der Waals surface area contributed by atoms with Crippen molar-refractivity contribution >= 4 is 27.2 Å². The van der Waals surface area contributed by atoms with E-state index >= 15 is 0 Å². The standard InChI is InChI=1S/C18H18N6O3S/c1-28(26,27)15-5-3-14(4-6-15)22-18(25)13-10-23(11-13)16-9-17(20-12-19-16)24-8-2-7-21-24/h2-9,12-13H,10-11H2,1H3,(H,22,25). The Morgan fingerprint density at radius 3 is 2.50 bits per heavy atom. The van der Waals surface area contributed by atoms with Crippen molar-refractivity contribution in [2.24, 2.45) is 5.92 Å². The first-order valence-electron chi connectivity index (χ1n) is 8.58. The van der Waals surface area contributed by atoms with Crippen LogP contribution < -0.4 is 10.2 Å². The topological polar surface area (TPSA) is 110 Å². The SMILES string of the molecule is CS(=O)(=O)c1ccc(NC(=O)C2CN(c3cc(-n4cccn4)ncn3)C2)cc1. The summed E-state index contributed by atoms with van der Waals surface area (Å²) in [6.07, 6.45) is 6.10. The summed E-state index contributed by atoms with van der Waals surface area (Å²) in [5.74, 6) is 1.12. The molecule has 10 heteroatoms. The number of nitrogens with zero attached hydrogens (tertiary/aromatic N) is 5. The minimum absolute atomic E-state index is 0.107. The van der Waals surface area contributed by atoms with Crippen LogP contribution in [0.15, 0.2) is 60.0 Å². The molecule has 0 radical (unpaired) electrons. The van der Waals surface area contributed by atoms with E-state index in [-0.39, 0.29) is 16.7 Å². The van der Waals surface area contributed by atoms with Crippen molar-refractivity contribution in [1.82, 2.24) is 19.7 Å². The lowest BCUT2D eigenvalue weighted by Crippen LogP contribution is -2.52. The van der Waals surface area contributed by atoms with Gasteiger partial charge in [-0.3, -0.25) is 4.79 Å². The van der Waals surface area contributed by atoms with E-state index in [4.69, 9.17) is 0 Å². The average molecular weight is 398 g/mol. The van der Waals surface area contributed by atoms with E-state index in [0.29, 0.717) is 24.6 Å². The van der Waals surface area contributed by atoms with Crippen LogP contribution in [0.4, 0.5) is 11.5 Å². The Kier molecular flexibility index (Phi) is 4.55. The van der Waals surface area contributed by atoms with Gasteiger partial charge in [-0.2, -0.15) is 5.10 Å². The fraction of sp³-hybridized carbons (Fsp3) is 0.222. The number of hydrogen-bond donors (Lipinski definition) is 1. The number of sulfone groups is 1. The zero-order chi connectivity index (χ0) is 19.7. The monoisotopic (exact) mass is 398 g/mol. The molecule has 1 aliphatic rings. The van der Waals surface area contributed by atoms with Gasteiger partial charge in [0.15, 0.2) is 15.7 Å². The van der Waals surface area contributed by atoms with Crippen LogP contribution in [0.3, 0.4) is 0 Å². The smallest absolute Gasteiger partial charge is 0.231 e. The third-order valence-corrected chi connectivity index (χ3v) is 5.63. The van der Waals surface area contributed by atoms with Gasteiger partial charge in [0.05, 0.1) is 10.8 Å². The molecule has 28 heavy (non-hydrogen) atoms. The van der Waals surface area contributed by atoms with Crippen molar-refractivity contribution in [2.75, 3.05) is 29.6 Å². The summed E-state index contributed by atoms with van der Waals surface area (Å²) in [5.41, 5.74) is 0.568. The number of aromatic nitrogens is 4. The molecule has 0 saturated carbocycles. The molecule has 0 bridgehead atoms. The zero-order valence-corrected chi connectivity index (χ0v) is 15.9. The molecule has 4 rings (SSSR count). The Balaban J connectivity index is 1.36. The highest BCUT2D eigenvalue weighted by atomic mass is 32.2. The Labute approximate surface area is 162 Å². The van der Waals surface area contributed by atoms with Crippen LogP contribution in [-0.2, 0) is 14.6 Å². The maximum absolute atomic E-state index is 12.4. The van der Waals surface area contributed by atoms with Gasteiger partial charge in [-0.05, 0) is 30.3 Å². The molecule has 0 unspecified atom stereocenters. The lowest BCUT2D eigenvalue weighted by atomic mass is 9.99. The van der Waals surface area contributed by atoms with Crippen molar-refractivity contribution in [3.8, 4) is 5.82 Å². The predicted molar refractivity (Wildman–Crippen MR) is 103 cm³/mol. The number of anilines is 2. The molecule has 2 aromatic heterocycles. The summed E-state index contributed by atoms with van der Waals surface area (Å²) in [5, 5.41) is 6.97. The van der Waals surface area contributed by atoms with Gasteiger partial charge in [0.1, 0.15) is 12.1 Å². The number of hydrogen-bond acceptors (Lipinski definition) is 7. The fourth-order valence-corrected chi connectivity index (χ4v) is 3.53. The van der Waals surface area contributed by atoms with Gasteiger partial charge < -0.3 is 10.2 Å². The number of benzene rings is 1. The lowest BCUT2D eigenvalue weighted by Gasteiger charge is -2.39. The molecule has 9 nitrogen and oxygen atoms in total. The Hall–Kier alpha value is -3.27. The summed E-state index contributed by atoms with van der Waals surface area (Å²) in [6.45, 7) is 1.09. The molecule has 1 saturated heterocycles. The molecule has 0 aliphatic carbocycles. The first kappa shape index (κ1) is 18.1. The van der Waals surface area contributed by atoms with E-state index in [9.17, 15) is 13.2 Å². The largest absolute Gasteiger partial charge is 0.355 e. The summed E-state index contributed by atoms with van der Waals surface area (Å²) in [6, 6.07) is 9.78. The third-order valence-electron chi connectivity index (χ3n) is 4.50. The van der Waals surface area contributed by atoms with E-state index in [1.807, 2.05) is 17.0 Å². The molecule has 1 aromatic carbocycles. The maximum Gasteiger partial charge on any atom is 0.231 e. The summed E-state index contributed by atoms with van der Waals surface area (Å²) in [4.78, 5) is 23.1. The van der Waals surface area contributed by atoms with Crippen molar-refractivity contribution in [3.05, 3.63) is 55.1 Å². The molecule has 144 valence electrons. The van der Waals surface area contributed by atoms with Crippen molar-refractivity contribution < 1.29 is 13.2 Å². The van der Waals surface area contributed by atoms with Crippen molar-refractivity contribution in [2.45, 2.75) is 4.90 Å². The number of carbonyl (C=O) groups excluding carboxylic acids is 1. The van der Waals surface area contributed by atoms with Gasteiger partial charge in [0.2, 0.25) is 5.91 Å². The molecular formula is C18H18N6O3S. The zero-order valence-electron chi connectivity index (χ0n) is 15.1. The number of carbonyl (C=O) groups is 1. The predicted octanol–water partition coefficient (Wildman–Crippen LogP) is 1.14. The van der Waals surface area contributed by atoms with Crippen molar-refractivity contribution in [3.63, 3.8) is 0 Å². The van der Waals surface area contributed by atoms with Gasteiger partial charge >= 0.3 is 0 Å². The minimum atomic E-state index is -3.25. The van der Waals surface area contributed by atoms with Crippen LogP contribution in [0.25, 0.3) is 5.82 Å². The molecule has 0 atom stereocenters. The summed E-state index contributed by atoms with van der Waals surface area (Å²) in [7, 11) is -3.25. The Bertz CT molecular complexity index is 1090. The summed E-state index contributed by atoms with van der Waals surface area (Å²) < 4.78 is 24.6. The number of rotatable bonds is 5. The van der Waals surface area contributed by atoms with Crippen LogP contribution in [0, 0.1) is 5.92 Å². The van der Waals surface area contributed by atoms with Crippen LogP contribution in [-0.4, -0.2) is 53.4 Å². The molecular weight excluding hydrogens is 380 g/mol. The van der Waals surface area contributed by atoms with Gasteiger partial charge in [-0.25, -0.2) is 23.1 Å². The second-order valence-corrected chi connectivity index (χ2v) is 8.59. The Morgan fingerprint density at radius 1 is 1.14 bits per heavy atom. The normalized spacial score (nSPS) is 14.5. The van der Waals surface area contributed by atoms with Crippen molar-refractivity contribution in [1.29, 1.82) is 0 Å². The second kappa shape index (κ2) is 7.04. The first-order valence-corrected chi connectivity index (χ1v) is 10.5. The number of amides is 1. The van der Waals surface area contributed by atoms with Crippen LogP contribution in [0.2, 0.25) is 0 Å². The van der Waals surface area contributed by atoms with E-state index in [1.165, 1.54) is 18.5 Å². The lowest BCUT2D eigenvalue weighted by molar-refractivity contribution is -0.120. The molecule has 1 fully saturated rings. The van der Waals surface area contributed by atoms with Gasteiger partial charge in [-0.15, -0.1) is 0 Å². The van der Waals surface area contributed by atoms with E-state index in [2.05, 4.69) is 20.4 Å². The number of nitrogens with one attached hydrogen (secondary N) is 1. The molecule has 3 aromatic rings. The van der Waals surface area contributed by atoms with Crippen LogP contribution in [0.5, 0.6) is 0 Å². The molecule has 1 N–H and O–H groups in total. The van der Waals surface area contributed by atoms with Gasteiger partial charge in [-0.1, -0.05) is 0 Å².